The maximum atomic E-state index is 12.4. The third kappa shape index (κ3) is 2.83. The third-order valence-electron chi connectivity index (χ3n) is 5.84. The summed E-state index contributed by atoms with van der Waals surface area (Å²) in [5.74, 6) is -0.792. The lowest BCUT2D eigenvalue weighted by molar-refractivity contribution is -0.142. The number of piperidine rings is 1. The van der Waals surface area contributed by atoms with Crippen LogP contribution in [0, 0.1) is 16.7 Å². The van der Waals surface area contributed by atoms with Gasteiger partial charge in [-0.25, -0.2) is 4.72 Å². The lowest BCUT2D eigenvalue weighted by Gasteiger charge is -2.31. The van der Waals surface area contributed by atoms with E-state index >= 15 is 0 Å². The number of carbonyl (C=O) groups is 1. The molecule has 1 aliphatic heterocycles. The summed E-state index contributed by atoms with van der Waals surface area (Å²) in [6.07, 6.45) is 1.85. The maximum absolute atomic E-state index is 12.4. The van der Waals surface area contributed by atoms with Crippen LogP contribution in [0.4, 0.5) is 0 Å². The van der Waals surface area contributed by atoms with Gasteiger partial charge in [-0.05, 0) is 36.0 Å². The van der Waals surface area contributed by atoms with Gasteiger partial charge in [0.15, 0.2) is 0 Å². The zero-order chi connectivity index (χ0) is 16.1. The molecule has 1 saturated carbocycles. The van der Waals surface area contributed by atoms with Crippen LogP contribution in [0.1, 0.15) is 47.0 Å². The molecule has 2 aliphatic rings. The number of nitrogens with zero attached hydrogens (tertiary/aromatic N) is 1. The molecular formula is C14H26N2O4S. The lowest BCUT2D eigenvalue weighted by atomic mass is 10.0. The van der Waals surface area contributed by atoms with Crippen LogP contribution in [0.15, 0.2) is 0 Å². The fourth-order valence-corrected chi connectivity index (χ4v) is 5.00. The minimum absolute atomic E-state index is 0.101. The van der Waals surface area contributed by atoms with Gasteiger partial charge >= 0.3 is 5.97 Å². The monoisotopic (exact) mass is 318 g/mol. The van der Waals surface area contributed by atoms with Crippen molar-refractivity contribution in [2.45, 2.75) is 53.0 Å². The van der Waals surface area contributed by atoms with Crippen molar-refractivity contribution in [3.8, 4) is 0 Å². The largest absolute Gasteiger partial charge is 0.480 e. The van der Waals surface area contributed by atoms with Crippen LogP contribution in [0.2, 0.25) is 0 Å². The highest BCUT2D eigenvalue weighted by atomic mass is 32.2. The molecule has 2 N–H and O–H groups in total. The second-order valence-corrected chi connectivity index (χ2v) is 9.02. The first-order chi connectivity index (χ1) is 9.52. The molecule has 0 amide bonds. The van der Waals surface area contributed by atoms with Gasteiger partial charge < -0.3 is 5.11 Å². The smallest absolute Gasteiger partial charge is 0.322 e. The van der Waals surface area contributed by atoms with E-state index < -0.39 is 22.2 Å². The number of carboxylic acid groups (broad SMARTS) is 1. The van der Waals surface area contributed by atoms with E-state index in [0.717, 1.165) is 10.7 Å². The average molecular weight is 318 g/mol. The Morgan fingerprint density at radius 2 is 1.81 bits per heavy atom. The van der Waals surface area contributed by atoms with Gasteiger partial charge in [0, 0.05) is 13.1 Å². The van der Waals surface area contributed by atoms with E-state index in [-0.39, 0.29) is 23.3 Å². The Morgan fingerprint density at radius 1 is 1.24 bits per heavy atom. The molecule has 1 unspecified atom stereocenters. The Labute approximate surface area is 127 Å². The fourth-order valence-electron chi connectivity index (χ4n) is 3.55. The molecule has 0 spiro atoms. The molecule has 2 fully saturated rings. The van der Waals surface area contributed by atoms with Crippen LogP contribution in [-0.2, 0) is 15.0 Å². The van der Waals surface area contributed by atoms with Crippen molar-refractivity contribution < 1.29 is 18.3 Å². The fraction of sp³-hybridized carbons (Fsp3) is 0.929. The zero-order valence-corrected chi connectivity index (χ0v) is 14.0. The van der Waals surface area contributed by atoms with Crippen molar-refractivity contribution in [2.24, 2.45) is 16.7 Å². The molecule has 2 rings (SSSR count). The first-order valence-corrected chi connectivity index (χ1v) is 8.95. The van der Waals surface area contributed by atoms with E-state index in [1.54, 1.807) is 0 Å². The average Bonchev–Trinajstić information content (AvgIpc) is 2.77. The summed E-state index contributed by atoms with van der Waals surface area (Å²) in [6, 6.07) is -0.934. The first-order valence-electron chi connectivity index (χ1n) is 7.51. The molecule has 7 heteroatoms. The molecule has 0 aromatic heterocycles. The zero-order valence-electron chi connectivity index (χ0n) is 13.2. The van der Waals surface area contributed by atoms with Crippen molar-refractivity contribution in [1.82, 2.24) is 9.03 Å². The van der Waals surface area contributed by atoms with Gasteiger partial charge in [0.2, 0.25) is 0 Å². The summed E-state index contributed by atoms with van der Waals surface area (Å²) >= 11 is 0. The van der Waals surface area contributed by atoms with E-state index in [1.165, 1.54) is 0 Å². The van der Waals surface area contributed by atoms with Gasteiger partial charge in [0.1, 0.15) is 6.04 Å². The summed E-state index contributed by atoms with van der Waals surface area (Å²) < 4.78 is 28.5. The van der Waals surface area contributed by atoms with Gasteiger partial charge in [-0.1, -0.05) is 27.7 Å². The molecule has 1 aliphatic carbocycles. The van der Waals surface area contributed by atoms with Crippen LogP contribution in [0.3, 0.4) is 0 Å². The molecule has 6 nitrogen and oxygen atoms in total. The van der Waals surface area contributed by atoms with E-state index in [1.807, 2.05) is 0 Å². The van der Waals surface area contributed by atoms with Crippen LogP contribution in [0.5, 0.6) is 0 Å². The Bertz CT molecular complexity index is 513. The SMILES string of the molecule is CC1(C)C(CNS(=O)(=O)N2CCCCC2C(=O)O)C1(C)C. The predicted molar refractivity (Wildman–Crippen MR) is 80.0 cm³/mol. The van der Waals surface area contributed by atoms with E-state index in [4.69, 9.17) is 0 Å². The lowest BCUT2D eigenvalue weighted by Crippen LogP contribution is -2.52. The molecule has 21 heavy (non-hydrogen) atoms. The minimum atomic E-state index is -3.73. The number of hydrogen-bond acceptors (Lipinski definition) is 3. The summed E-state index contributed by atoms with van der Waals surface area (Å²) in [4.78, 5) is 11.2. The quantitative estimate of drug-likeness (QED) is 0.803. The number of hydrogen-bond donors (Lipinski definition) is 2. The van der Waals surface area contributed by atoms with E-state index in [0.29, 0.717) is 19.4 Å². The van der Waals surface area contributed by atoms with Gasteiger partial charge in [-0.15, -0.1) is 0 Å². The molecule has 0 bridgehead atoms. The molecule has 0 radical (unpaired) electrons. The third-order valence-corrected chi connectivity index (χ3v) is 7.42. The Hall–Kier alpha value is -0.660. The number of rotatable bonds is 5. The van der Waals surface area contributed by atoms with Crippen molar-refractivity contribution in [3.05, 3.63) is 0 Å². The predicted octanol–water partition coefficient (Wildman–Crippen LogP) is 1.44. The van der Waals surface area contributed by atoms with Crippen LogP contribution < -0.4 is 4.72 Å². The Balaban J connectivity index is 2.03. The highest BCUT2D eigenvalue weighted by Crippen LogP contribution is 2.67. The van der Waals surface area contributed by atoms with Crippen molar-refractivity contribution in [3.63, 3.8) is 0 Å². The molecule has 122 valence electrons. The summed E-state index contributed by atoms with van der Waals surface area (Å²) in [7, 11) is -3.73. The minimum Gasteiger partial charge on any atom is -0.480 e. The summed E-state index contributed by atoms with van der Waals surface area (Å²) in [6.45, 7) is 9.18. The topological polar surface area (TPSA) is 86.7 Å². The number of nitrogens with one attached hydrogen (secondary N) is 1. The van der Waals surface area contributed by atoms with Crippen molar-refractivity contribution in [2.75, 3.05) is 13.1 Å². The Morgan fingerprint density at radius 3 is 2.29 bits per heavy atom. The second-order valence-electron chi connectivity index (χ2n) is 7.31. The first kappa shape index (κ1) is 16.7. The van der Waals surface area contributed by atoms with E-state index in [9.17, 15) is 18.3 Å². The second kappa shape index (κ2) is 5.21. The molecular weight excluding hydrogens is 292 g/mol. The maximum Gasteiger partial charge on any atom is 0.322 e. The highest BCUT2D eigenvalue weighted by Gasteiger charge is 2.64. The summed E-state index contributed by atoms with van der Waals surface area (Å²) in [5.41, 5.74) is 0.202. The molecule has 0 aromatic carbocycles. The van der Waals surface area contributed by atoms with E-state index in [2.05, 4.69) is 32.4 Å². The molecule has 1 heterocycles. The van der Waals surface area contributed by atoms with Crippen molar-refractivity contribution >= 4 is 16.2 Å². The number of aliphatic carboxylic acids is 1. The highest BCUT2D eigenvalue weighted by molar-refractivity contribution is 7.87. The normalized spacial score (nSPS) is 29.2. The van der Waals surface area contributed by atoms with Gasteiger partial charge in [-0.3, -0.25) is 4.79 Å². The van der Waals surface area contributed by atoms with Gasteiger partial charge in [0.25, 0.3) is 10.2 Å². The van der Waals surface area contributed by atoms with Gasteiger partial charge in [0.05, 0.1) is 0 Å². The molecule has 0 aromatic rings. The van der Waals surface area contributed by atoms with Crippen LogP contribution in [0.25, 0.3) is 0 Å². The van der Waals surface area contributed by atoms with Crippen LogP contribution in [-0.4, -0.2) is 42.9 Å². The molecule has 1 saturated heterocycles. The van der Waals surface area contributed by atoms with Crippen molar-refractivity contribution in [1.29, 1.82) is 0 Å². The Kier molecular flexibility index (Phi) is 4.14. The van der Waals surface area contributed by atoms with Crippen LogP contribution >= 0.6 is 0 Å². The summed E-state index contributed by atoms with van der Waals surface area (Å²) in [5, 5.41) is 9.19. The standard InChI is InChI=1S/C14H26N2O4S/c1-13(2)11(14(13,3)4)9-15-21(19,20)16-8-6-5-7-10(16)12(17)18/h10-11,15H,5-9H2,1-4H3,(H,17,18). The molecule has 1 atom stereocenters. The number of carboxylic acids is 1. The van der Waals surface area contributed by atoms with Gasteiger partial charge in [-0.2, -0.15) is 12.7 Å².